The summed E-state index contributed by atoms with van der Waals surface area (Å²) in [4.78, 5) is 4.75. The molecule has 1 heterocycles. The van der Waals surface area contributed by atoms with E-state index in [1.54, 1.807) is 0 Å². The minimum Gasteiger partial charge on any atom is -0.327 e. The van der Waals surface area contributed by atoms with Gasteiger partial charge in [0.2, 0.25) is 0 Å². The molecule has 1 atom stereocenters. The lowest BCUT2D eigenvalue weighted by molar-refractivity contribution is 0.457. The summed E-state index contributed by atoms with van der Waals surface area (Å²) in [5.41, 5.74) is 3.57. The first-order chi connectivity index (χ1) is 10.1. The molecule has 1 aliphatic rings. The van der Waals surface area contributed by atoms with Gasteiger partial charge in [0.15, 0.2) is 0 Å². The van der Waals surface area contributed by atoms with E-state index in [-0.39, 0.29) is 5.38 Å². The molecule has 0 aliphatic heterocycles. The molecule has 3 rings (SSSR count). The molecule has 1 aliphatic carbocycles. The Morgan fingerprint density at radius 2 is 2.10 bits per heavy atom. The van der Waals surface area contributed by atoms with Crippen molar-refractivity contribution in [1.82, 2.24) is 9.55 Å². The average molecular weight is 305 g/mol. The Hall–Kier alpha value is -1.02. The van der Waals surface area contributed by atoms with E-state index in [0.29, 0.717) is 0 Å². The van der Waals surface area contributed by atoms with Gasteiger partial charge >= 0.3 is 0 Å². The highest BCUT2D eigenvalue weighted by Gasteiger charge is 2.17. The first kappa shape index (κ1) is 14.9. The van der Waals surface area contributed by atoms with Crippen molar-refractivity contribution in [2.45, 2.75) is 64.3 Å². The Morgan fingerprint density at radius 3 is 2.81 bits per heavy atom. The lowest BCUT2D eigenvalue weighted by Gasteiger charge is -2.13. The van der Waals surface area contributed by atoms with Gasteiger partial charge in [0.05, 0.1) is 16.4 Å². The molecule has 0 bridgehead atoms. The van der Waals surface area contributed by atoms with Crippen LogP contribution < -0.4 is 0 Å². The van der Waals surface area contributed by atoms with E-state index in [4.69, 9.17) is 16.6 Å². The summed E-state index contributed by atoms with van der Waals surface area (Å²) in [7, 11) is 0. The second kappa shape index (κ2) is 6.39. The molecule has 3 heteroatoms. The largest absolute Gasteiger partial charge is 0.327 e. The third-order valence-electron chi connectivity index (χ3n) is 4.76. The van der Waals surface area contributed by atoms with Crippen molar-refractivity contribution >= 4 is 22.6 Å². The number of benzene rings is 1. The van der Waals surface area contributed by atoms with Crippen LogP contribution in [0, 0.1) is 12.8 Å². The molecule has 2 nitrogen and oxygen atoms in total. The van der Waals surface area contributed by atoms with Gasteiger partial charge < -0.3 is 4.57 Å². The number of alkyl halides is 1. The van der Waals surface area contributed by atoms with Crippen molar-refractivity contribution in [2.24, 2.45) is 5.92 Å². The van der Waals surface area contributed by atoms with Crippen LogP contribution in [0.25, 0.3) is 11.0 Å². The van der Waals surface area contributed by atoms with E-state index in [2.05, 4.69) is 29.7 Å². The molecule has 0 spiro atoms. The van der Waals surface area contributed by atoms with Gasteiger partial charge in [0, 0.05) is 6.54 Å². The van der Waals surface area contributed by atoms with Gasteiger partial charge in [-0.3, -0.25) is 0 Å². The SMILES string of the molecule is Cc1ccc2c(c1)nc(C(C)Cl)n2CCCC1CCCC1. The second-order valence-electron chi connectivity index (χ2n) is 6.52. The van der Waals surface area contributed by atoms with Gasteiger partial charge in [-0.2, -0.15) is 0 Å². The summed E-state index contributed by atoms with van der Waals surface area (Å²) in [5.74, 6) is 1.97. The molecule has 0 N–H and O–H groups in total. The molecule has 0 amide bonds. The number of nitrogens with zero attached hydrogens (tertiary/aromatic N) is 2. The minimum absolute atomic E-state index is 0.0378. The normalized spacial score (nSPS) is 17.7. The Morgan fingerprint density at radius 1 is 1.33 bits per heavy atom. The summed E-state index contributed by atoms with van der Waals surface area (Å²) in [6, 6.07) is 6.52. The number of fused-ring (bicyclic) bond motifs is 1. The number of hydrogen-bond donors (Lipinski definition) is 0. The molecule has 1 aromatic heterocycles. The molecule has 21 heavy (non-hydrogen) atoms. The van der Waals surface area contributed by atoms with E-state index >= 15 is 0 Å². The molecule has 0 saturated heterocycles. The fourth-order valence-corrected chi connectivity index (χ4v) is 3.80. The quantitative estimate of drug-likeness (QED) is 0.656. The summed E-state index contributed by atoms with van der Waals surface area (Å²) < 4.78 is 2.33. The lowest BCUT2D eigenvalue weighted by Crippen LogP contribution is -2.06. The Labute approximate surface area is 132 Å². The van der Waals surface area contributed by atoms with Gasteiger partial charge in [0.1, 0.15) is 5.82 Å². The van der Waals surface area contributed by atoms with E-state index < -0.39 is 0 Å². The topological polar surface area (TPSA) is 17.8 Å². The Bertz CT molecular complexity index is 609. The van der Waals surface area contributed by atoms with Gasteiger partial charge in [-0.1, -0.05) is 31.7 Å². The predicted octanol–water partition coefficient (Wildman–Crippen LogP) is 5.61. The van der Waals surface area contributed by atoms with Gasteiger partial charge in [0.25, 0.3) is 0 Å². The van der Waals surface area contributed by atoms with Gasteiger partial charge in [-0.05, 0) is 50.3 Å². The Balaban J connectivity index is 1.79. The average Bonchev–Trinajstić information content (AvgIpc) is 3.06. The van der Waals surface area contributed by atoms with Crippen LogP contribution in [0.1, 0.15) is 62.2 Å². The molecule has 1 fully saturated rings. The molecular weight excluding hydrogens is 280 g/mol. The first-order valence-corrected chi connectivity index (χ1v) is 8.69. The van der Waals surface area contributed by atoms with E-state index in [1.807, 2.05) is 6.92 Å². The molecule has 1 unspecified atom stereocenters. The summed E-state index contributed by atoms with van der Waals surface area (Å²) in [6.45, 7) is 5.17. The van der Waals surface area contributed by atoms with Crippen LogP contribution in [0.4, 0.5) is 0 Å². The Kier molecular flexibility index (Phi) is 4.54. The zero-order chi connectivity index (χ0) is 14.8. The van der Waals surface area contributed by atoms with Crippen molar-refractivity contribution in [1.29, 1.82) is 0 Å². The third-order valence-corrected chi connectivity index (χ3v) is 4.95. The number of hydrogen-bond acceptors (Lipinski definition) is 1. The molecule has 2 aromatic rings. The second-order valence-corrected chi connectivity index (χ2v) is 7.18. The zero-order valence-corrected chi connectivity index (χ0v) is 13.9. The maximum Gasteiger partial charge on any atom is 0.127 e. The van der Waals surface area contributed by atoms with Crippen molar-refractivity contribution in [2.75, 3.05) is 0 Å². The number of imidazole rings is 1. The van der Waals surface area contributed by atoms with Gasteiger partial charge in [-0.25, -0.2) is 4.98 Å². The molecule has 114 valence electrons. The number of aromatic nitrogens is 2. The summed E-state index contributed by atoms with van der Waals surface area (Å²) >= 11 is 6.34. The highest BCUT2D eigenvalue weighted by Crippen LogP contribution is 2.30. The van der Waals surface area contributed by atoms with Gasteiger partial charge in [-0.15, -0.1) is 11.6 Å². The predicted molar refractivity (Wildman–Crippen MR) is 89.9 cm³/mol. The summed E-state index contributed by atoms with van der Waals surface area (Å²) in [5, 5.41) is -0.0378. The molecule has 1 aromatic carbocycles. The van der Waals surface area contributed by atoms with E-state index in [9.17, 15) is 0 Å². The zero-order valence-electron chi connectivity index (χ0n) is 13.1. The van der Waals surface area contributed by atoms with Crippen LogP contribution in [0.2, 0.25) is 0 Å². The highest BCUT2D eigenvalue weighted by molar-refractivity contribution is 6.20. The number of halogens is 1. The van der Waals surface area contributed by atoms with Crippen molar-refractivity contribution in [3.63, 3.8) is 0 Å². The molecular formula is C18H25ClN2. The smallest absolute Gasteiger partial charge is 0.127 e. The first-order valence-electron chi connectivity index (χ1n) is 8.26. The highest BCUT2D eigenvalue weighted by atomic mass is 35.5. The van der Waals surface area contributed by atoms with E-state index in [1.165, 1.54) is 49.6 Å². The monoisotopic (exact) mass is 304 g/mol. The fourth-order valence-electron chi connectivity index (χ4n) is 3.63. The number of aryl methyl sites for hydroxylation is 2. The van der Waals surface area contributed by atoms with Crippen LogP contribution in [-0.4, -0.2) is 9.55 Å². The lowest BCUT2D eigenvalue weighted by atomic mass is 10.0. The van der Waals surface area contributed by atoms with Crippen molar-refractivity contribution in [3.8, 4) is 0 Å². The van der Waals surface area contributed by atoms with Crippen molar-refractivity contribution in [3.05, 3.63) is 29.6 Å². The maximum atomic E-state index is 6.34. The third kappa shape index (κ3) is 3.26. The summed E-state index contributed by atoms with van der Waals surface area (Å²) in [6.07, 6.45) is 8.32. The van der Waals surface area contributed by atoms with Crippen LogP contribution in [0.5, 0.6) is 0 Å². The number of rotatable bonds is 5. The molecule has 1 saturated carbocycles. The van der Waals surface area contributed by atoms with E-state index in [0.717, 1.165) is 23.8 Å². The van der Waals surface area contributed by atoms with Crippen LogP contribution in [-0.2, 0) is 6.54 Å². The fraction of sp³-hybridized carbons (Fsp3) is 0.611. The minimum atomic E-state index is -0.0378. The van der Waals surface area contributed by atoms with Crippen LogP contribution in [0.3, 0.4) is 0 Å². The standard InChI is InChI=1S/C18H25ClN2/c1-13-9-10-17-16(12-13)20-18(14(2)19)21(17)11-5-8-15-6-3-4-7-15/h9-10,12,14-15H,3-8,11H2,1-2H3. The maximum absolute atomic E-state index is 6.34. The van der Waals surface area contributed by atoms with Crippen molar-refractivity contribution < 1.29 is 0 Å². The molecule has 0 radical (unpaired) electrons. The van der Waals surface area contributed by atoms with Crippen LogP contribution >= 0.6 is 11.6 Å². The van der Waals surface area contributed by atoms with Crippen LogP contribution in [0.15, 0.2) is 18.2 Å².